The van der Waals surface area contributed by atoms with Crippen molar-refractivity contribution in [2.45, 2.75) is 0 Å². The summed E-state index contributed by atoms with van der Waals surface area (Å²) in [7, 11) is 0. The average molecular weight is 314 g/mol. The second-order valence-corrected chi connectivity index (χ2v) is 4.32. The second kappa shape index (κ2) is 7.11. The number of pyridine rings is 1. The number of carbonyl (C=O) groups excluding carboxylic acids is 2. The molecule has 1 aromatic carbocycles. The van der Waals surface area contributed by atoms with E-state index in [2.05, 4.69) is 4.98 Å². The van der Waals surface area contributed by atoms with Crippen LogP contribution in [0.3, 0.4) is 0 Å². The highest BCUT2D eigenvalue weighted by Crippen LogP contribution is 2.19. The topological polar surface area (TPSA) is 109 Å². The summed E-state index contributed by atoms with van der Waals surface area (Å²) in [5.74, 6) is -2.08. The normalized spacial score (nSPS) is 9.91. The van der Waals surface area contributed by atoms with Gasteiger partial charge in [0.1, 0.15) is 0 Å². The summed E-state index contributed by atoms with van der Waals surface area (Å²) in [6.07, 6.45) is 1.04. The van der Waals surface area contributed by atoms with E-state index in [4.69, 9.17) is 15.8 Å². The number of aromatic nitrogens is 1. The summed E-state index contributed by atoms with van der Waals surface area (Å²) < 4.78 is 12.9. The van der Waals surface area contributed by atoms with Crippen LogP contribution in [-0.2, 0) is 4.84 Å². The van der Waals surface area contributed by atoms with E-state index < -0.39 is 24.4 Å². The molecule has 23 heavy (non-hydrogen) atoms. The Morgan fingerprint density at radius 1 is 1.30 bits per heavy atom. The number of carbonyl (C=O) groups is 2. The van der Waals surface area contributed by atoms with Crippen molar-refractivity contribution in [1.82, 2.24) is 4.98 Å². The number of anilines is 1. The van der Waals surface area contributed by atoms with Crippen molar-refractivity contribution in [3.05, 3.63) is 59.7 Å². The van der Waals surface area contributed by atoms with Crippen LogP contribution in [0, 0.1) is 17.3 Å². The molecule has 2 aromatic rings. The van der Waals surface area contributed by atoms with Gasteiger partial charge in [-0.15, -0.1) is 0 Å². The Labute approximate surface area is 130 Å². The molecule has 0 saturated heterocycles. The minimum atomic E-state index is -0.734. The highest BCUT2D eigenvalue weighted by molar-refractivity contribution is 6.05. The van der Waals surface area contributed by atoms with Crippen molar-refractivity contribution >= 4 is 17.5 Å². The van der Waals surface area contributed by atoms with E-state index in [1.54, 1.807) is 6.07 Å². The lowest BCUT2D eigenvalue weighted by molar-refractivity contribution is 0.0718. The molecule has 0 atom stereocenters. The molecule has 8 heteroatoms. The van der Waals surface area contributed by atoms with Gasteiger partial charge in [-0.3, -0.25) is 14.4 Å². The molecule has 1 aromatic heterocycles. The van der Waals surface area contributed by atoms with Gasteiger partial charge in [-0.25, -0.2) is 4.98 Å². The van der Waals surface area contributed by atoms with Crippen molar-refractivity contribution < 1.29 is 18.8 Å². The van der Waals surface area contributed by atoms with Crippen LogP contribution >= 0.6 is 0 Å². The lowest BCUT2D eigenvalue weighted by atomic mass is 10.2. The number of nitrogens with two attached hydrogens (primary N) is 1. The van der Waals surface area contributed by atoms with E-state index in [0.717, 1.165) is 17.3 Å². The number of benzene rings is 1. The van der Waals surface area contributed by atoms with Crippen LogP contribution in [0.15, 0.2) is 42.6 Å². The third-order valence-corrected chi connectivity index (χ3v) is 2.78. The Hall–Kier alpha value is -3.31. The maximum absolute atomic E-state index is 12.9. The number of nitriles is 1. The van der Waals surface area contributed by atoms with Crippen molar-refractivity contribution in [1.29, 1.82) is 5.26 Å². The fraction of sp³-hybridized carbons (Fsp3) is 0.0667. The van der Waals surface area contributed by atoms with Crippen molar-refractivity contribution in [3.8, 4) is 6.07 Å². The Morgan fingerprint density at radius 3 is 2.70 bits per heavy atom. The maximum Gasteiger partial charge on any atom is 0.283 e. The maximum atomic E-state index is 12.9. The number of rotatable bonds is 5. The number of halogens is 1. The van der Waals surface area contributed by atoms with Gasteiger partial charge in [0, 0.05) is 11.8 Å². The first-order valence-corrected chi connectivity index (χ1v) is 6.38. The number of hydrogen-bond acceptors (Lipinski definition) is 5. The minimum Gasteiger partial charge on any atom is -0.366 e. The Kier molecular flexibility index (Phi) is 4.96. The smallest absolute Gasteiger partial charge is 0.283 e. The lowest BCUT2D eigenvalue weighted by Crippen LogP contribution is -2.31. The van der Waals surface area contributed by atoms with E-state index in [0.29, 0.717) is 0 Å². The van der Waals surface area contributed by atoms with Crippen LogP contribution in [-0.4, -0.2) is 23.4 Å². The van der Waals surface area contributed by atoms with E-state index in [1.165, 1.54) is 30.3 Å². The monoisotopic (exact) mass is 314 g/mol. The molecule has 0 aliphatic carbocycles. The summed E-state index contributed by atoms with van der Waals surface area (Å²) >= 11 is 0. The standard InChI is InChI=1S/C15H11FN4O3/c16-13-5-4-11(9-19-13)15(22)20(23-7-6-17)12-3-1-2-10(8-12)14(18)21/h1-5,8-9H,7H2,(H2,18,21). The van der Waals surface area contributed by atoms with Crippen LogP contribution in [0.5, 0.6) is 0 Å². The summed E-state index contributed by atoms with van der Waals surface area (Å²) in [5.41, 5.74) is 5.61. The van der Waals surface area contributed by atoms with Gasteiger partial charge >= 0.3 is 0 Å². The highest BCUT2D eigenvalue weighted by atomic mass is 19.1. The van der Waals surface area contributed by atoms with Gasteiger partial charge in [0.2, 0.25) is 11.9 Å². The average Bonchev–Trinajstić information content (AvgIpc) is 2.56. The zero-order valence-electron chi connectivity index (χ0n) is 11.8. The number of nitrogens with zero attached hydrogens (tertiary/aromatic N) is 3. The van der Waals surface area contributed by atoms with Crippen LogP contribution in [0.4, 0.5) is 10.1 Å². The predicted octanol–water partition coefficient (Wildman–Crippen LogP) is 1.42. The molecular weight excluding hydrogens is 303 g/mol. The number of hydrogen-bond donors (Lipinski definition) is 1. The van der Waals surface area contributed by atoms with E-state index in [-0.39, 0.29) is 16.8 Å². The van der Waals surface area contributed by atoms with Crippen LogP contribution in [0.1, 0.15) is 20.7 Å². The number of amides is 2. The van der Waals surface area contributed by atoms with Crippen molar-refractivity contribution in [2.24, 2.45) is 5.73 Å². The summed E-state index contributed by atoms with van der Waals surface area (Å²) in [6.45, 7) is -0.402. The summed E-state index contributed by atoms with van der Waals surface area (Å²) in [4.78, 5) is 32.2. The van der Waals surface area contributed by atoms with Crippen LogP contribution in [0.25, 0.3) is 0 Å². The van der Waals surface area contributed by atoms with Gasteiger partial charge < -0.3 is 5.73 Å². The fourth-order valence-corrected chi connectivity index (χ4v) is 1.75. The zero-order chi connectivity index (χ0) is 16.8. The fourth-order valence-electron chi connectivity index (χ4n) is 1.75. The molecule has 7 nitrogen and oxygen atoms in total. The zero-order valence-corrected chi connectivity index (χ0v) is 11.8. The van der Waals surface area contributed by atoms with E-state index in [9.17, 15) is 14.0 Å². The van der Waals surface area contributed by atoms with E-state index in [1.807, 2.05) is 0 Å². The highest BCUT2D eigenvalue weighted by Gasteiger charge is 2.20. The molecule has 116 valence electrons. The molecule has 2 rings (SSSR count). The Morgan fingerprint density at radius 2 is 2.09 bits per heavy atom. The number of hydroxylamine groups is 1. The first-order chi connectivity index (χ1) is 11.0. The van der Waals surface area contributed by atoms with Gasteiger partial charge in [0.05, 0.1) is 17.3 Å². The third kappa shape index (κ3) is 3.87. The largest absolute Gasteiger partial charge is 0.366 e. The van der Waals surface area contributed by atoms with Gasteiger partial charge in [-0.05, 0) is 30.3 Å². The molecule has 0 fully saturated rings. The SMILES string of the molecule is N#CCON(C(=O)c1ccc(F)nc1)c1cccc(C(N)=O)c1. The van der Waals surface area contributed by atoms with Crippen LogP contribution in [0.2, 0.25) is 0 Å². The van der Waals surface area contributed by atoms with Crippen LogP contribution < -0.4 is 10.8 Å². The van der Waals surface area contributed by atoms with Gasteiger partial charge in [0.15, 0.2) is 6.61 Å². The molecule has 0 saturated carbocycles. The van der Waals surface area contributed by atoms with E-state index >= 15 is 0 Å². The van der Waals surface area contributed by atoms with Gasteiger partial charge in [-0.2, -0.15) is 14.7 Å². The first kappa shape index (κ1) is 16.1. The molecule has 1 heterocycles. The Balaban J connectivity index is 2.38. The number of primary amides is 1. The second-order valence-electron chi connectivity index (χ2n) is 4.32. The first-order valence-electron chi connectivity index (χ1n) is 6.38. The van der Waals surface area contributed by atoms with Gasteiger partial charge in [-0.1, -0.05) is 6.07 Å². The van der Waals surface area contributed by atoms with Crippen molar-refractivity contribution in [2.75, 3.05) is 11.7 Å². The molecule has 2 N–H and O–H groups in total. The molecular formula is C15H11FN4O3. The summed E-state index contributed by atoms with van der Waals surface area (Å²) in [5, 5.41) is 9.47. The predicted molar refractivity (Wildman–Crippen MR) is 77.5 cm³/mol. The molecule has 0 radical (unpaired) electrons. The molecule has 0 unspecified atom stereocenters. The molecule has 2 amide bonds. The van der Waals surface area contributed by atoms with Crippen molar-refractivity contribution in [3.63, 3.8) is 0 Å². The minimum absolute atomic E-state index is 0.0498. The quantitative estimate of drug-likeness (QED) is 0.663. The molecule has 0 bridgehead atoms. The molecule has 0 aliphatic rings. The van der Waals surface area contributed by atoms with Gasteiger partial charge in [0.25, 0.3) is 5.91 Å². The molecule has 0 aliphatic heterocycles. The summed E-state index contributed by atoms with van der Waals surface area (Å²) in [6, 6.07) is 9.81. The third-order valence-electron chi connectivity index (χ3n) is 2.78. The molecule has 0 spiro atoms. The lowest BCUT2D eigenvalue weighted by Gasteiger charge is -2.20. The Bertz CT molecular complexity index is 771.